The maximum Gasteiger partial charge on any atom is 0.377 e. The van der Waals surface area contributed by atoms with Crippen molar-refractivity contribution in [1.29, 1.82) is 0 Å². The fourth-order valence-corrected chi connectivity index (χ4v) is 4.09. The number of carbonyl (C=O) groups is 4. The molecular weight excluding hydrogens is 485 g/mol. The number of carbonyl (C=O) groups excluding carboxylic acids is 4. The van der Waals surface area contributed by atoms with Crippen LogP contribution in [0.25, 0.3) is 10.9 Å². The van der Waals surface area contributed by atoms with Crippen LogP contribution in [0.3, 0.4) is 0 Å². The highest BCUT2D eigenvalue weighted by Crippen LogP contribution is 2.41. The number of aromatic nitrogens is 1. The molecule has 1 aromatic heterocycles. The Labute approximate surface area is 205 Å². The van der Waals surface area contributed by atoms with Gasteiger partial charge in [-0.1, -0.05) is 42.3 Å². The van der Waals surface area contributed by atoms with Crippen molar-refractivity contribution < 1.29 is 33.7 Å². The number of esters is 1. The molecule has 0 saturated heterocycles. The lowest BCUT2D eigenvalue weighted by atomic mass is 9.75. The third-order valence-corrected chi connectivity index (χ3v) is 5.71. The second-order valence-electron chi connectivity index (χ2n) is 7.33. The van der Waals surface area contributed by atoms with Crippen LogP contribution in [0.5, 0.6) is 0 Å². The van der Waals surface area contributed by atoms with Gasteiger partial charge in [-0.05, 0) is 43.7 Å². The van der Waals surface area contributed by atoms with E-state index in [2.05, 4.69) is 9.87 Å². The lowest BCUT2D eigenvalue weighted by molar-refractivity contribution is -0.262. The first-order valence-corrected chi connectivity index (χ1v) is 11.1. The zero-order chi connectivity index (χ0) is 25.0. The van der Waals surface area contributed by atoms with Crippen LogP contribution in [0.1, 0.15) is 48.8 Å². The minimum Gasteiger partial charge on any atom is -0.465 e. The average molecular weight is 506 g/mol. The number of aromatic amines is 1. The summed E-state index contributed by atoms with van der Waals surface area (Å²) < 4.78 is 5.23. The lowest BCUT2D eigenvalue weighted by Crippen LogP contribution is -2.46. The summed E-state index contributed by atoms with van der Waals surface area (Å²) in [5.41, 5.74) is -1.57. The second kappa shape index (κ2) is 10.3. The van der Waals surface area contributed by atoms with Crippen molar-refractivity contribution in [2.45, 2.75) is 32.6 Å². The van der Waals surface area contributed by atoms with E-state index in [-0.39, 0.29) is 29.8 Å². The maximum absolute atomic E-state index is 13.6. The predicted octanol–water partition coefficient (Wildman–Crippen LogP) is 4.94. The van der Waals surface area contributed by atoms with Crippen LogP contribution in [0, 0.1) is 0 Å². The maximum atomic E-state index is 13.6. The number of fused-ring (bicyclic) bond motifs is 1. The number of ketones is 1. The van der Waals surface area contributed by atoms with E-state index >= 15 is 0 Å². The number of H-pyrrole nitrogens is 1. The van der Waals surface area contributed by atoms with Gasteiger partial charge >= 0.3 is 17.9 Å². The van der Waals surface area contributed by atoms with Crippen LogP contribution in [-0.2, 0) is 34.3 Å². The Hall–Kier alpha value is -3.36. The molecule has 0 aliphatic rings. The molecule has 8 nitrogen and oxygen atoms in total. The Morgan fingerprint density at radius 2 is 1.65 bits per heavy atom. The molecule has 10 heteroatoms. The van der Waals surface area contributed by atoms with Gasteiger partial charge in [0.05, 0.1) is 12.3 Å². The number of hydrogen-bond acceptors (Lipinski definition) is 7. The molecular formula is C24H21Cl2NO7. The molecule has 0 amide bonds. The number of nitrogens with one attached hydrogen (secondary N) is 1. The zero-order valence-electron chi connectivity index (χ0n) is 18.6. The fraction of sp³-hybridized carbons (Fsp3) is 0.250. The Bertz CT molecular complexity index is 1280. The summed E-state index contributed by atoms with van der Waals surface area (Å²) in [6.07, 6.45) is -0.179. The van der Waals surface area contributed by atoms with E-state index in [4.69, 9.17) is 32.8 Å². The van der Waals surface area contributed by atoms with Crippen molar-refractivity contribution in [2.75, 3.05) is 6.61 Å². The summed E-state index contributed by atoms with van der Waals surface area (Å²) >= 11 is 12.3. The molecule has 3 rings (SSSR count). The van der Waals surface area contributed by atoms with Gasteiger partial charge in [-0.25, -0.2) is 19.4 Å². The first-order chi connectivity index (χ1) is 16.1. The van der Waals surface area contributed by atoms with Gasteiger partial charge in [-0.3, -0.25) is 9.59 Å². The van der Waals surface area contributed by atoms with Gasteiger partial charge in [0, 0.05) is 39.0 Å². The molecule has 1 heterocycles. The van der Waals surface area contributed by atoms with Gasteiger partial charge in [0.15, 0.2) is 5.41 Å². The molecule has 0 bridgehead atoms. The molecule has 0 aliphatic heterocycles. The fourth-order valence-electron chi connectivity index (χ4n) is 3.73. The molecule has 0 spiro atoms. The van der Waals surface area contributed by atoms with E-state index < -0.39 is 29.1 Å². The van der Waals surface area contributed by atoms with Crippen molar-refractivity contribution in [3.05, 3.63) is 69.3 Å². The Morgan fingerprint density at radius 3 is 2.26 bits per heavy atom. The van der Waals surface area contributed by atoms with E-state index in [1.165, 1.54) is 12.1 Å². The van der Waals surface area contributed by atoms with Crippen LogP contribution in [0.15, 0.2) is 42.5 Å². The highest BCUT2D eigenvalue weighted by atomic mass is 35.5. The molecule has 3 aromatic rings. The number of hydrogen-bond donors (Lipinski definition) is 1. The highest BCUT2D eigenvalue weighted by molar-refractivity contribution is 6.32. The minimum atomic E-state index is -2.15. The average Bonchev–Trinajstić information content (AvgIpc) is 3.17. The molecule has 1 atom stereocenters. The summed E-state index contributed by atoms with van der Waals surface area (Å²) in [6.45, 7) is 4.09. The smallest absolute Gasteiger partial charge is 0.377 e. The molecule has 34 heavy (non-hydrogen) atoms. The van der Waals surface area contributed by atoms with Crippen molar-refractivity contribution >= 4 is 57.8 Å². The second-order valence-corrected chi connectivity index (χ2v) is 8.20. The number of halogens is 2. The molecule has 0 aliphatic carbocycles. The highest BCUT2D eigenvalue weighted by Gasteiger charge is 2.54. The lowest BCUT2D eigenvalue weighted by Gasteiger charge is -2.28. The number of ether oxygens (including phenoxy) is 1. The third-order valence-electron chi connectivity index (χ3n) is 5.24. The number of rotatable bonds is 7. The topological polar surface area (TPSA) is 112 Å². The number of benzene rings is 2. The zero-order valence-corrected chi connectivity index (χ0v) is 20.1. The van der Waals surface area contributed by atoms with Crippen LogP contribution < -0.4 is 0 Å². The molecule has 0 saturated carbocycles. The summed E-state index contributed by atoms with van der Waals surface area (Å²) in [5, 5.41) is 0.956. The monoisotopic (exact) mass is 505 g/mol. The van der Waals surface area contributed by atoms with E-state index in [1.54, 1.807) is 44.2 Å². The third kappa shape index (κ3) is 4.64. The first-order valence-electron chi connectivity index (χ1n) is 10.3. The van der Waals surface area contributed by atoms with Crippen LogP contribution >= 0.6 is 23.2 Å². The van der Waals surface area contributed by atoms with Gasteiger partial charge in [0.1, 0.15) is 0 Å². The first kappa shape index (κ1) is 25.3. The summed E-state index contributed by atoms with van der Waals surface area (Å²) in [4.78, 5) is 63.7. The molecule has 0 fully saturated rings. The van der Waals surface area contributed by atoms with Crippen molar-refractivity contribution in [2.24, 2.45) is 0 Å². The Kier molecular flexibility index (Phi) is 7.64. The molecule has 2 aromatic carbocycles. The molecule has 1 N–H and O–H groups in total. The standard InChI is InChI=1S/C24H21Cl2NO7/c1-4-24(22(30)32-5-2,23(31)34-33-13(3)28)19-17-12-16(26)9-10-18(17)27-20(19)21(29)14-7-6-8-15(25)11-14/h6-12,27H,4-5H2,1-3H3. The van der Waals surface area contributed by atoms with Gasteiger partial charge in [-0.15, -0.1) is 0 Å². The van der Waals surface area contributed by atoms with Gasteiger partial charge in [0.25, 0.3) is 0 Å². The van der Waals surface area contributed by atoms with Crippen LogP contribution in [-0.4, -0.2) is 35.3 Å². The predicted molar refractivity (Wildman–Crippen MR) is 125 cm³/mol. The van der Waals surface area contributed by atoms with Gasteiger partial charge < -0.3 is 9.72 Å². The minimum absolute atomic E-state index is 0.00641. The Balaban J connectivity index is 2.37. The van der Waals surface area contributed by atoms with Crippen molar-refractivity contribution in [1.82, 2.24) is 4.98 Å². The normalized spacial score (nSPS) is 12.6. The van der Waals surface area contributed by atoms with E-state index in [0.29, 0.717) is 20.9 Å². The quantitative estimate of drug-likeness (QED) is 0.159. The van der Waals surface area contributed by atoms with Gasteiger partial charge in [-0.2, -0.15) is 0 Å². The van der Waals surface area contributed by atoms with Gasteiger partial charge in [0.2, 0.25) is 5.78 Å². The molecule has 1 unspecified atom stereocenters. The summed E-state index contributed by atoms with van der Waals surface area (Å²) in [6, 6.07) is 10.9. The molecule has 0 radical (unpaired) electrons. The Morgan fingerprint density at radius 1 is 0.941 bits per heavy atom. The SMILES string of the molecule is CCOC(=O)C(CC)(C(=O)OOC(C)=O)c1c(C(=O)c2cccc(Cl)c2)[nH]c2ccc(Cl)cc12. The van der Waals surface area contributed by atoms with Crippen LogP contribution in [0.4, 0.5) is 0 Å². The van der Waals surface area contributed by atoms with E-state index in [0.717, 1.165) is 6.92 Å². The van der Waals surface area contributed by atoms with Crippen LogP contribution in [0.2, 0.25) is 10.0 Å². The van der Waals surface area contributed by atoms with Crippen molar-refractivity contribution in [3.8, 4) is 0 Å². The summed E-state index contributed by atoms with van der Waals surface area (Å²) in [5.74, 6) is -3.63. The van der Waals surface area contributed by atoms with E-state index in [1.807, 2.05) is 0 Å². The largest absolute Gasteiger partial charge is 0.465 e. The van der Waals surface area contributed by atoms with Crippen molar-refractivity contribution in [3.63, 3.8) is 0 Å². The summed E-state index contributed by atoms with van der Waals surface area (Å²) in [7, 11) is 0. The molecule has 178 valence electrons. The van der Waals surface area contributed by atoms with E-state index in [9.17, 15) is 19.2 Å².